The number of benzene rings is 1. The van der Waals surface area contributed by atoms with Crippen LogP contribution in [-0.2, 0) is 9.59 Å². The van der Waals surface area contributed by atoms with E-state index in [1.54, 1.807) is 24.3 Å². The van der Waals surface area contributed by atoms with Gasteiger partial charge in [0.2, 0.25) is 11.8 Å². The van der Waals surface area contributed by atoms with Crippen molar-refractivity contribution in [3.8, 4) is 5.75 Å². The molecule has 0 saturated heterocycles. The number of carbonyl (C=O) groups is 2. The van der Waals surface area contributed by atoms with E-state index in [1.165, 1.54) is 0 Å². The molecule has 5 N–H and O–H groups in total. The average molecular weight is 400 g/mol. The van der Waals surface area contributed by atoms with Crippen LogP contribution in [0.5, 0.6) is 5.75 Å². The highest BCUT2D eigenvalue weighted by Gasteiger charge is 2.24. The lowest BCUT2D eigenvalue weighted by atomic mass is 9.95. The van der Waals surface area contributed by atoms with E-state index in [-0.39, 0.29) is 42.8 Å². The highest BCUT2D eigenvalue weighted by atomic mass is 35.5. The van der Waals surface area contributed by atoms with Gasteiger partial charge in [-0.05, 0) is 49.4 Å². The molecule has 2 amide bonds. The number of nitrogens with two attached hydrogens (primary N) is 1. The van der Waals surface area contributed by atoms with Gasteiger partial charge in [0, 0.05) is 5.69 Å². The van der Waals surface area contributed by atoms with Crippen LogP contribution in [-0.4, -0.2) is 41.7 Å². The maximum absolute atomic E-state index is 11.9. The minimum absolute atomic E-state index is 0. The van der Waals surface area contributed by atoms with E-state index >= 15 is 0 Å². The van der Waals surface area contributed by atoms with Gasteiger partial charge in [-0.1, -0.05) is 20.3 Å². The second-order valence-corrected chi connectivity index (χ2v) is 7.07. The van der Waals surface area contributed by atoms with E-state index in [4.69, 9.17) is 10.5 Å². The molecule has 0 aliphatic heterocycles. The molecule has 8 heteroatoms. The minimum atomic E-state index is -0.630. The number of ether oxygens (including phenoxy) is 1. The summed E-state index contributed by atoms with van der Waals surface area (Å²) in [7, 11) is 0. The molecule has 152 valence electrons. The fourth-order valence-electron chi connectivity index (χ4n) is 2.80. The molecule has 7 nitrogen and oxygen atoms in total. The molecule has 1 fully saturated rings. The van der Waals surface area contributed by atoms with E-state index in [0.717, 1.165) is 25.7 Å². The van der Waals surface area contributed by atoms with Gasteiger partial charge in [0.1, 0.15) is 11.9 Å². The van der Waals surface area contributed by atoms with Gasteiger partial charge in [-0.25, -0.2) is 0 Å². The highest BCUT2D eigenvalue weighted by Crippen LogP contribution is 2.24. The highest BCUT2D eigenvalue weighted by molar-refractivity contribution is 5.95. The summed E-state index contributed by atoms with van der Waals surface area (Å²) in [6.07, 6.45) is 3.10. The Balaban J connectivity index is 0.00000364. The lowest BCUT2D eigenvalue weighted by Gasteiger charge is -2.28. The summed E-state index contributed by atoms with van der Waals surface area (Å²) in [4.78, 5) is 23.7. The summed E-state index contributed by atoms with van der Waals surface area (Å²) in [6, 6.07) is 6.33. The van der Waals surface area contributed by atoms with E-state index in [9.17, 15) is 14.7 Å². The molecule has 0 spiro atoms. The standard InChI is InChI=1S/C19H29N3O4.ClH/c1-12(2)18(20)19(25)21-11-17(24)22-13-7-9-14(10-8-13)26-16-6-4-3-5-15(16)23;/h7-10,12,15-16,18,23H,3-6,11,20H2,1-2H3,(H,21,25)(H,22,24);1H/t15?,16?,18-;/m0./s1. The molecule has 1 aromatic rings. The maximum atomic E-state index is 11.9. The van der Waals surface area contributed by atoms with Gasteiger partial charge >= 0.3 is 0 Å². The lowest BCUT2D eigenvalue weighted by Crippen LogP contribution is -2.46. The second-order valence-electron chi connectivity index (χ2n) is 7.07. The first-order valence-corrected chi connectivity index (χ1v) is 9.14. The molecule has 1 aromatic carbocycles. The Bertz CT molecular complexity index is 609. The van der Waals surface area contributed by atoms with E-state index in [1.807, 2.05) is 13.8 Å². The zero-order chi connectivity index (χ0) is 19.1. The minimum Gasteiger partial charge on any atom is -0.488 e. The van der Waals surface area contributed by atoms with Gasteiger partial charge in [0.15, 0.2) is 0 Å². The SMILES string of the molecule is CC(C)[C@H](N)C(=O)NCC(=O)Nc1ccc(OC2CCCCC2O)cc1.Cl. The fraction of sp³-hybridized carbons (Fsp3) is 0.579. The van der Waals surface area contributed by atoms with Crippen molar-refractivity contribution in [3.05, 3.63) is 24.3 Å². The van der Waals surface area contributed by atoms with E-state index < -0.39 is 12.1 Å². The number of rotatable bonds is 7. The zero-order valence-corrected chi connectivity index (χ0v) is 16.6. The third-order valence-electron chi connectivity index (χ3n) is 4.54. The van der Waals surface area contributed by atoms with Crippen molar-refractivity contribution in [1.29, 1.82) is 0 Å². The van der Waals surface area contributed by atoms with Crippen molar-refractivity contribution < 1.29 is 19.4 Å². The number of hydrogen-bond acceptors (Lipinski definition) is 5. The third-order valence-corrected chi connectivity index (χ3v) is 4.54. The molecular weight excluding hydrogens is 370 g/mol. The predicted molar refractivity (Wildman–Crippen MR) is 107 cm³/mol. The van der Waals surface area contributed by atoms with Crippen LogP contribution in [0.3, 0.4) is 0 Å². The maximum Gasteiger partial charge on any atom is 0.243 e. The molecule has 1 aliphatic carbocycles. The fourth-order valence-corrected chi connectivity index (χ4v) is 2.80. The van der Waals surface area contributed by atoms with E-state index in [2.05, 4.69) is 10.6 Å². The predicted octanol–water partition coefficient (Wildman–Crippen LogP) is 1.83. The summed E-state index contributed by atoms with van der Waals surface area (Å²) in [5, 5.41) is 15.2. The van der Waals surface area contributed by atoms with E-state index in [0.29, 0.717) is 11.4 Å². The lowest BCUT2D eigenvalue weighted by molar-refractivity contribution is -0.125. The quantitative estimate of drug-likeness (QED) is 0.558. The number of aliphatic hydroxyl groups excluding tert-OH is 1. The Hall–Kier alpha value is -1.83. The van der Waals surface area contributed by atoms with Gasteiger partial charge in [-0.3, -0.25) is 9.59 Å². The Morgan fingerprint density at radius 2 is 1.85 bits per heavy atom. The summed E-state index contributed by atoms with van der Waals surface area (Å²) in [5.74, 6) is -0.00550. The van der Waals surface area contributed by atoms with Crippen LogP contribution in [0.15, 0.2) is 24.3 Å². The first-order valence-electron chi connectivity index (χ1n) is 9.14. The van der Waals surface area contributed by atoms with Crippen molar-refractivity contribution in [1.82, 2.24) is 5.32 Å². The van der Waals surface area contributed by atoms with Crippen molar-refractivity contribution in [3.63, 3.8) is 0 Å². The Labute approximate surface area is 166 Å². The number of aliphatic hydroxyl groups is 1. The summed E-state index contributed by atoms with van der Waals surface area (Å²) < 4.78 is 5.82. The molecule has 1 saturated carbocycles. The van der Waals surface area contributed by atoms with Gasteiger partial charge in [-0.15, -0.1) is 12.4 Å². The first kappa shape index (κ1) is 23.2. The van der Waals surface area contributed by atoms with Crippen LogP contribution in [0.2, 0.25) is 0 Å². The van der Waals surface area contributed by atoms with Crippen LogP contribution in [0.25, 0.3) is 0 Å². The normalized spacial score (nSPS) is 20.3. The zero-order valence-electron chi connectivity index (χ0n) is 15.8. The summed E-state index contributed by atoms with van der Waals surface area (Å²) in [6.45, 7) is 3.56. The first-order chi connectivity index (χ1) is 12.4. The number of carbonyl (C=O) groups excluding carboxylic acids is 2. The van der Waals surface area contributed by atoms with Gasteiger partial charge in [-0.2, -0.15) is 0 Å². The summed E-state index contributed by atoms with van der Waals surface area (Å²) >= 11 is 0. The monoisotopic (exact) mass is 399 g/mol. The smallest absolute Gasteiger partial charge is 0.243 e. The van der Waals surface area contributed by atoms with Gasteiger partial charge in [0.25, 0.3) is 0 Å². The largest absolute Gasteiger partial charge is 0.488 e. The molecule has 3 atom stereocenters. The van der Waals surface area contributed by atoms with Crippen molar-refractivity contribution in [2.24, 2.45) is 11.7 Å². The van der Waals surface area contributed by atoms with Crippen LogP contribution in [0.4, 0.5) is 5.69 Å². The average Bonchev–Trinajstić information content (AvgIpc) is 2.62. The summed E-state index contributed by atoms with van der Waals surface area (Å²) in [5.41, 5.74) is 6.33. The Morgan fingerprint density at radius 3 is 2.44 bits per heavy atom. The number of anilines is 1. The number of halogens is 1. The molecule has 27 heavy (non-hydrogen) atoms. The molecule has 0 radical (unpaired) electrons. The number of amides is 2. The second kappa shape index (κ2) is 11.1. The van der Waals surface area contributed by atoms with Crippen molar-refractivity contribution >= 4 is 29.9 Å². The molecule has 0 heterocycles. The van der Waals surface area contributed by atoms with Crippen LogP contribution >= 0.6 is 12.4 Å². The number of nitrogens with one attached hydrogen (secondary N) is 2. The Morgan fingerprint density at radius 1 is 1.22 bits per heavy atom. The van der Waals surface area contributed by atoms with Gasteiger partial charge < -0.3 is 26.2 Å². The van der Waals surface area contributed by atoms with Crippen molar-refractivity contribution in [2.75, 3.05) is 11.9 Å². The van der Waals surface area contributed by atoms with Crippen LogP contribution < -0.4 is 21.1 Å². The Kier molecular flexibility index (Phi) is 9.55. The molecule has 2 rings (SSSR count). The topological polar surface area (TPSA) is 114 Å². The molecular formula is C19H30ClN3O4. The molecule has 1 aliphatic rings. The molecule has 2 unspecified atom stereocenters. The molecule has 0 bridgehead atoms. The van der Waals surface area contributed by atoms with Crippen molar-refractivity contribution in [2.45, 2.75) is 57.8 Å². The van der Waals surface area contributed by atoms with Crippen LogP contribution in [0.1, 0.15) is 39.5 Å². The van der Waals surface area contributed by atoms with Crippen LogP contribution in [0, 0.1) is 5.92 Å². The van der Waals surface area contributed by atoms with Gasteiger partial charge in [0.05, 0.1) is 18.7 Å². The third kappa shape index (κ3) is 7.36. The number of hydrogen-bond donors (Lipinski definition) is 4. The molecule has 0 aromatic heterocycles.